The third kappa shape index (κ3) is 3.66. The molecule has 2 N–H and O–H groups in total. The molecule has 1 aliphatic rings. The molecule has 114 valence electrons. The van der Waals surface area contributed by atoms with Gasteiger partial charge in [-0.15, -0.1) is 11.3 Å². The van der Waals surface area contributed by atoms with Crippen LogP contribution < -0.4 is 10.6 Å². The number of hydrogen-bond acceptors (Lipinski definition) is 5. The molecule has 0 saturated carbocycles. The standard InChI is InChI=1S/C15H15N3O2S2/c1-9-8-21-15(16-9)22-11-4-2-10(3-5-11)17-14(20)12-6-7-13(19)18-12/h2-5,8,12H,6-7H2,1H3,(H,17,20)(H,18,19). The zero-order chi connectivity index (χ0) is 15.5. The first-order valence-corrected chi connectivity index (χ1v) is 8.60. The Hall–Kier alpha value is -1.86. The predicted molar refractivity (Wildman–Crippen MR) is 87.2 cm³/mol. The summed E-state index contributed by atoms with van der Waals surface area (Å²) in [4.78, 5) is 28.6. The summed E-state index contributed by atoms with van der Waals surface area (Å²) in [5, 5.41) is 7.50. The molecule has 5 nitrogen and oxygen atoms in total. The number of anilines is 1. The van der Waals surface area contributed by atoms with Gasteiger partial charge in [0.05, 0.1) is 0 Å². The normalized spacial score (nSPS) is 17.3. The van der Waals surface area contributed by atoms with E-state index in [1.165, 1.54) is 0 Å². The lowest BCUT2D eigenvalue weighted by Crippen LogP contribution is -2.37. The van der Waals surface area contributed by atoms with Crippen molar-refractivity contribution in [3.8, 4) is 0 Å². The molecule has 2 aromatic rings. The minimum absolute atomic E-state index is 0.0642. The summed E-state index contributed by atoms with van der Waals surface area (Å²) < 4.78 is 1.00. The second-order valence-electron chi connectivity index (χ2n) is 5.03. The van der Waals surface area contributed by atoms with E-state index >= 15 is 0 Å². The summed E-state index contributed by atoms with van der Waals surface area (Å²) in [6.45, 7) is 1.97. The molecule has 0 radical (unpaired) electrons. The van der Waals surface area contributed by atoms with Crippen LogP contribution >= 0.6 is 23.1 Å². The summed E-state index contributed by atoms with van der Waals surface area (Å²) in [6, 6.07) is 7.20. The smallest absolute Gasteiger partial charge is 0.246 e. The molecule has 1 aromatic carbocycles. The van der Waals surface area contributed by atoms with Gasteiger partial charge in [-0.2, -0.15) is 0 Å². The van der Waals surface area contributed by atoms with E-state index in [9.17, 15) is 9.59 Å². The van der Waals surface area contributed by atoms with E-state index in [0.29, 0.717) is 12.8 Å². The number of aryl methyl sites for hydroxylation is 1. The third-order valence-electron chi connectivity index (χ3n) is 3.24. The lowest BCUT2D eigenvalue weighted by Gasteiger charge is -2.11. The molecule has 1 saturated heterocycles. The molecule has 1 unspecified atom stereocenters. The van der Waals surface area contributed by atoms with E-state index in [1.54, 1.807) is 23.1 Å². The van der Waals surface area contributed by atoms with E-state index in [0.717, 1.165) is 20.6 Å². The van der Waals surface area contributed by atoms with Crippen molar-refractivity contribution >= 4 is 40.6 Å². The highest BCUT2D eigenvalue weighted by Gasteiger charge is 2.26. The van der Waals surface area contributed by atoms with Crippen molar-refractivity contribution in [1.82, 2.24) is 10.3 Å². The zero-order valence-corrected chi connectivity index (χ0v) is 13.6. The van der Waals surface area contributed by atoms with Crippen molar-refractivity contribution in [1.29, 1.82) is 0 Å². The summed E-state index contributed by atoms with van der Waals surface area (Å²) >= 11 is 3.22. The van der Waals surface area contributed by atoms with Crippen molar-refractivity contribution in [2.45, 2.75) is 35.0 Å². The molecule has 2 amide bonds. The lowest BCUT2D eigenvalue weighted by molar-refractivity contribution is -0.122. The number of rotatable bonds is 4. The van der Waals surface area contributed by atoms with E-state index < -0.39 is 6.04 Å². The Bertz CT molecular complexity index is 697. The van der Waals surface area contributed by atoms with Gasteiger partial charge in [-0.1, -0.05) is 11.8 Å². The van der Waals surface area contributed by atoms with Gasteiger partial charge in [-0.05, 0) is 37.6 Å². The van der Waals surface area contributed by atoms with Gasteiger partial charge in [0.2, 0.25) is 11.8 Å². The van der Waals surface area contributed by atoms with Crippen molar-refractivity contribution < 1.29 is 9.59 Å². The minimum atomic E-state index is -0.417. The van der Waals surface area contributed by atoms with Gasteiger partial charge in [0, 0.05) is 28.1 Å². The minimum Gasteiger partial charge on any atom is -0.344 e. The van der Waals surface area contributed by atoms with Crippen LogP contribution in [-0.2, 0) is 9.59 Å². The van der Waals surface area contributed by atoms with E-state index in [2.05, 4.69) is 15.6 Å². The fourth-order valence-electron chi connectivity index (χ4n) is 2.13. The number of hydrogen-bond donors (Lipinski definition) is 2. The summed E-state index contributed by atoms with van der Waals surface area (Å²) in [7, 11) is 0. The first-order chi connectivity index (χ1) is 10.6. The number of amides is 2. The van der Waals surface area contributed by atoms with Gasteiger partial charge in [0.1, 0.15) is 6.04 Å². The molecule has 1 aromatic heterocycles. The number of nitrogens with zero attached hydrogens (tertiary/aromatic N) is 1. The molecule has 1 fully saturated rings. The van der Waals surface area contributed by atoms with Crippen LogP contribution in [0.3, 0.4) is 0 Å². The second-order valence-corrected chi connectivity index (χ2v) is 7.21. The molecule has 0 bridgehead atoms. The summed E-state index contributed by atoms with van der Waals surface area (Å²) in [5.74, 6) is -0.229. The highest BCUT2D eigenvalue weighted by Crippen LogP contribution is 2.30. The van der Waals surface area contributed by atoms with Gasteiger partial charge >= 0.3 is 0 Å². The fraction of sp³-hybridized carbons (Fsp3) is 0.267. The van der Waals surface area contributed by atoms with E-state index in [-0.39, 0.29) is 11.8 Å². The van der Waals surface area contributed by atoms with Crippen molar-refractivity contribution in [2.75, 3.05) is 5.32 Å². The van der Waals surface area contributed by atoms with Crippen molar-refractivity contribution in [2.24, 2.45) is 0 Å². The number of nitrogens with one attached hydrogen (secondary N) is 2. The van der Waals surface area contributed by atoms with Crippen LogP contribution in [0.4, 0.5) is 5.69 Å². The Labute approximate surface area is 136 Å². The molecular formula is C15H15N3O2S2. The molecule has 2 heterocycles. The maximum Gasteiger partial charge on any atom is 0.246 e. The first kappa shape index (κ1) is 15.1. The Morgan fingerprint density at radius 2 is 2.18 bits per heavy atom. The molecule has 22 heavy (non-hydrogen) atoms. The Balaban J connectivity index is 1.59. The Kier molecular flexibility index (Phi) is 4.44. The van der Waals surface area contributed by atoms with Crippen molar-refractivity contribution in [3.05, 3.63) is 35.3 Å². The van der Waals surface area contributed by atoms with Crippen molar-refractivity contribution in [3.63, 3.8) is 0 Å². The molecular weight excluding hydrogens is 318 g/mol. The monoisotopic (exact) mass is 333 g/mol. The molecule has 3 rings (SSSR count). The zero-order valence-electron chi connectivity index (χ0n) is 12.0. The van der Waals surface area contributed by atoms with Gasteiger partial charge < -0.3 is 10.6 Å². The quantitative estimate of drug-likeness (QED) is 0.902. The maximum atomic E-state index is 12.0. The summed E-state index contributed by atoms with van der Waals surface area (Å²) in [5.41, 5.74) is 1.75. The number of carbonyl (C=O) groups excluding carboxylic acids is 2. The number of thiazole rings is 1. The van der Waals surface area contributed by atoms with Crippen LogP contribution in [-0.4, -0.2) is 22.8 Å². The molecule has 0 aliphatic carbocycles. The summed E-state index contributed by atoms with van der Waals surface area (Å²) in [6.07, 6.45) is 0.975. The second kappa shape index (κ2) is 6.50. The predicted octanol–water partition coefficient (Wildman–Crippen LogP) is 2.82. The van der Waals surface area contributed by atoms with E-state index in [1.807, 2.05) is 36.6 Å². The topological polar surface area (TPSA) is 71.1 Å². The largest absolute Gasteiger partial charge is 0.344 e. The van der Waals surface area contributed by atoms with Gasteiger partial charge in [0.15, 0.2) is 4.34 Å². The lowest BCUT2D eigenvalue weighted by atomic mass is 10.2. The van der Waals surface area contributed by atoms with Gasteiger partial charge in [-0.25, -0.2) is 4.98 Å². The fourth-order valence-corrected chi connectivity index (χ4v) is 3.94. The van der Waals surface area contributed by atoms with Crippen LogP contribution in [0.2, 0.25) is 0 Å². The molecule has 7 heteroatoms. The SMILES string of the molecule is Cc1csc(Sc2ccc(NC(=O)C3CCC(=O)N3)cc2)n1. The Morgan fingerprint density at radius 3 is 2.77 bits per heavy atom. The average molecular weight is 333 g/mol. The van der Waals surface area contributed by atoms with Crippen LogP contribution in [0.1, 0.15) is 18.5 Å². The van der Waals surface area contributed by atoms with Crippen LogP contribution in [0, 0.1) is 6.92 Å². The Morgan fingerprint density at radius 1 is 1.41 bits per heavy atom. The molecule has 1 atom stereocenters. The molecule has 0 spiro atoms. The van der Waals surface area contributed by atoms with Gasteiger partial charge in [0.25, 0.3) is 0 Å². The average Bonchev–Trinajstić information content (AvgIpc) is 3.10. The number of aromatic nitrogens is 1. The third-order valence-corrected chi connectivity index (χ3v) is 5.30. The first-order valence-electron chi connectivity index (χ1n) is 6.90. The van der Waals surface area contributed by atoms with E-state index in [4.69, 9.17) is 0 Å². The highest BCUT2D eigenvalue weighted by molar-refractivity contribution is 8.01. The highest BCUT2D eigenvalue weighted by atomic mass is 32.2. The van der Waals surface area contributed by atoms with Crippen LogP contribution in [0.25, 0.3) is 0 Å². The van der Waals surface area contributed by atoms with Crippen LogP contribution in [0.5, 0.6) is 0 Å². The molecule has 1 aliphatic heterocycles. The van der Waals surface area contributed by atoms with Gasteiger partial charge in [-0.3, -0.25) is 9.59 Å². The maximum absolute atomic E-state index is 12.0. The number of benzene rings is 1. The van der Waals surface area contributed by atoms with Crippen LogP contribution in [0.15, 0.2) is 38.9 Å². The number of carbonyl (C=O) groups is 2.